The third-order valence-electron chi connectivity index (χ3n) is 3.13. The maximum atomic E-state index is 11.5. The highest BCUT2D eigenvalue weighted by Gasteiger charge is 2.28. The Balaban J connectivity index is 1.97. The molecular formula is C11H19N3O3S. The van der Waals surface area contributed by atoms with E-state index in [0.717, 1.165) is 11.5 Å². The first-order chi connectivity index (χ1) is 8.50. The maximum absolute atomic E-state index is 11.5. The van der Waals surface area contributed by atoms with Gasteiger partial charge in [-0.15, -0.1) is 0 Å². The van der Waals surface area contributed by atoms with Crippen LogP contribution in [0.4, 0.5) is 0 Å². The molecule has 0 radical (unpaired) electrons. The van der Waals surface area contributed by atoms with Crippen LogP contribution in [-0.2, 0) is 22.9 Å². The van der Waals surface area contributed by atoms with Crippen LogP contribution in [0, 0.1) is 0 Å². The molecule has 1 aromatic heterocycles. The van der Waals surface area contributed by atoms with Gasteiger partial charge in [-0.1, -0.05) is 5.16 Å². The molecule has 1 saturated heterocycles. The molecule has 18 heavy (non-hydrogen) atoms. The van der Waals surface area contributed by atoms with Gasteiger partial charge in [0.25, 0.3) is 0 Å². The predicted molar refractivity (Wildman–Crippen MR) is 67.8 cm³/mol. The van der Waals surface area contributed by atoms with Crippen LogP contribution in [0.3, 0.4) is 0 Å². The molecule has 6 nitrogen and oxygen atoms in total. The molecule has 1 aliphatic rings. The van der Waals surface area contributed by atoms with Crippen molar-refractivity contribution in [3.63, 3.8) is 0 Å². The van der Waals surface area contributed by atoms with E-state index in [-0.39, 0.29) is 17.5 Å². The van der Waals surface area contributed by atoms with Crippen molar-refractivity contribution < 1.29 is 12.9 Å². The van der Waals surface area contributed by atoms with Gasteiger partial charge >= 0.3 is 0 Å². The van der Waals surface area contributed by atoms with Crippen molar-refractivity contribution in [3.05, 3.63) is 17.5 Å². The van der Waals surface area contributed by atoms with Crippen LogP contribution in [0.25, 0.3) is 0 Å². The minimum Gasteiger partial charge on any atom is -0.360 e. The van der Waals surface area contributed by atoms with Crippen molar-refractivity contribution in [1.29, 1.82) is 0 Å². The summed E-state index contributed by atoms with van der Waals surface area (Å²) in [5, 5.41) is 6.95. The lowest BCUT2D eigenvalue weighted by atomic mass is 10.2. The van der Waals surface area contributed by atoms with E-state index in [4.69, 9.17) is 4.52 Å². The summed E-state index contributed by atoms with van der Waals surface area (Å²) in [5.41, 5.74) is 0.866. The first-order valence-corrected chi connectivity index (χ1v) is 7.86. The van der Waals surface area contributed by atoms with E-state index in [0.29, 0.717) is 19.6 Å². The summed E-state index contributed by atoms with van der Waals surface area (Å²) >= 11 is 0. The summed E-state index contributed by atoms with van der Waals surface area (Å²) < 4.78 is 28.2. The molecule has 0 aromatic carbocycles. The van der Waals surface area contributed by atoms with E-state index >= 15 is 0 Å². The highest BCUT2D eigenvalue weighted by molar-refractivity contribution is 7.91. The summed E-state index contributed by atoms with van der Waals surface area (Å²) in [6.45, 7) is 3.79. The van der Waals surface area contributed by atoms with Crippen molar-refractivity contribution in [2.45, 2.75) is 26.1 Å². The van der Waals surface area contributed by atoms with E-state index in [9.17, 15) is 8.42 Å². The molecule has 1 atom stereocenters. The van der Waals surface area contributed by atoms with Crippen molar-refractivity contribution in [1.82, 2.24) is 15.4 Å². The number of aromatic nitrogens is 1. The topological polar surface area (TPSA) is 75.4 Å². The summed E-state index contributed by atoms with van der Waals surface area (Å²) in [5.74, 6) is 1.24. The van der Waals surface area contributed by atoms with Gasteiger partial charge < -0.3 is 9.84 Å². The van der Waals surface area contributed by atoms with Crippen LogP contribution in [0.1, 0.15) is 18.4 Å². The second-order valence-corrected chi connectivity index (χ2v) is 6.98. The van der Waals surface area contributed by atoms with E-state index in [1.165, 1.54) is 0 Å². The molecule has 1 aromatic rings. The lowest BCUT2D eigenvalue weighted by Crippen LogP contribution is -2.46. The van der Waals surface area contributed by atoms with Gasteiger partial charge in [0.05, 0.1) is 23.7 Å². The van der Waals surface area contributed by atoms with Gasteiger partial charge in [0, 0.05) is 25.2 Å². The molecule has 0 spiro atoms. The molecule has 1 aliphatic heterocycles. The minimum absolute atomic E-state index is 0.0293. The minimum atomic E-state index is -2.86. The van der Waals surface area contributed by atoms with Gasteiger partial charge in [-0.3, -0.25) is 4.90 Å². The molecule has 1 unspecified atom stereocenters. The average molecular weight is 273 g/mol. The Morgan fingerprint density at radius 3 is 3.06 bits per heavy atom. The highest BCUT2D eigenvalue weighted by atomic mass is 32.2. The SMILES string of the molecule is CNCc1cc(CN2CCS(=O)(=O)CC2C)on1. The fraction of sp³-hybridized carbons (Fsp3) is 0.727. The lowest BCUT2D eigenvalue weighted by molar-refractivity contribution is 0.193. The smallest absolute Gasteiger partial charge is 0.153 e. The normalized spacial score (nSPS) is 24.2. The third-order valence-corrected chi connectivity index (χ3v) is 4.93. The van der Waals surface area contributed by atoms with Gasteiger partial charge in [-0.25, -0.2) is 8.42 Å². The van der Waals surface area contributed by atoms with Crippen LogP contribution in [0.2, 0.25) is 0 Å². The standard InChI is InChI=1S/C11H19N3O3S/c1-9-8-18(15,16)4-3-14(9)7-11-5-10(6-12-2)13-17-11/h5,9,12H,3-4,6-8H2,1-2H3. The first-order valence-electron chi connectivity index (χ1n) is 6.04. The lowest BCUT2D eigenvalue weighted by Gasteiger charge is -2.32. The van der Waals surface area contributed by atoms with Gasteiger partial charge in [0.2, 0.25) is 0 Å². The average Bonchev–Trinajstić information content (AvgIpc) is 2.70. The molecule has 7 heteroatoms. The molecule has 1 N–H and O–H groups in total. The third kappa shape index (κ3) is 3.30. The van der Waals surface area contributed by atoms with Crippen molar-refractivity contribution >= 4 is 9.84 Å². The summed E-state index contributed by atoms with van der Waals surface area (Å²) in [6, 6.07) is 1.94. The van der Waals surface area contributed by atoms with Gasteiger partial charge in [-0.2, -0.15) is 0 Å². The maximum Gasteiger partial charge on any atom is 0.153 e. The molecular weight excluding hydrogens is 254 g/mol. The number of hydrogen-bond acceptors (Lipinski definition) is 6. The van der Waals surface area contributed by atoms with Crippen molar-refractivity contribution in [3.8, 4) is 0 Å². The fourth-order valence-electron chi connectivity index (χ4n) is 2.16. The zero-order valence-electron chi connectivity index (χ0n) is 10.7. The monoisotopic (exact) mass is 273 g/mol. The quantitative estimate of drug-likeness (QED) is 0.833. The van der Waals surface area contributed by atoms with Crippen LogP contribution < -0.4 is 5.32 Å². The zero-order chi connectivity index (χ0) is 13.2. The van der Waals surface area contributed by atoms with E-state index in [2.05, 4.69) is 15.4 Å². The molecule has 0 saturated carbocycles. The van der Waals surface area contributed by atoms with E-state index in [1.807, 2.05) is 20.0 Å². The second-order valence-electron chi connectivity index (χ2n) is 4.75. The van der Waals surface area contributed by atoms with Crippen LogP contribution in [-0.4, -0.2) is 49.6 Å². The Morgan fingerprint density at radius 2 is 2.39 bits per heavy atom. The molecule has 1 fully saturated rings. The van der Waals surface area contributed by atoms with Gasteiger partial charge in [0.15, 0.2) is 15.6 Å². The number of rotatable bonds is 4. The van der Waals surface area contributed by atoms with Crippen molar-refractivity contribution in [2.24, 2.45) is 0 Å². The molecule has 2 heterocycles. The Bertz CT molecular complexity index is 497. The molecule has 0 bridgehead atoms. The first kappa shape index (κ1) is 13.5. The van der Waals surface area contributed by atoms with Crippen molar-refractivity contribution in [2.75, 3.05) is 25.1 Å². The Kier molecular flexibility index (Phi) is 4.04. The largest absolute Gasteiger partial charge is 0.360 e. The Morgan fingerprint density at radius 1 is 1.61 bits per heavy atom. The predicted octanol–water partition coefficient (Wildman–Crippen LogP) is 0.0129. The number of nitrogens with one attached hydrogen (secondary N) is 1. The Labute approximate surface area is 107 Å². The van der Waals surface area contributed by atoms with Crippen LogP contribution in [0.5, 0.6) is 0 Å². The fourth-order valence-corrected chi connectivity index (χ4v) is 3.79. The molecule has 102 valence electrons. The highest BCUT2D eigenvalue weighted by Crippen LogP contribution is 2.15. The van der Waals surface area contributed by atoms with E-state index in [1.54, 1.807) is 0 Å². The van der Waals surface area contributed by atoms with Crippen LogP contribution >= 0.6 is 0 Å². The molecule has 0 aliphatic carbocycles. The molecule has 0 amide bonds. The Hall–Kier alpha value is -0.920. The number of sulfone groups is 1. The number of nitrogens with zero attached hydrogens (tertiary/aromatic N) is 2. The van der Waals surface area contributed by atoms with Crippen LogP contribution in [0.15, 0.2) is 10.6 Å². The number of hydrogen-bond donors (Lipinski definition) is 1. The van der Waals surface area contributed by atoms with E-state index < -0.39 is 9.84 Å². The summed E-state index contributed by atoms with van der Waals surface area (Å²) in [7, 11) is -1.01. The summed E-state index contributed by atoms with van der Waals surface area (Å²) in [4.78, 5) is 2.12. The summed E-state index contributed by atoms with van der Waals surface area (Å²) in [6.07, 6.45) is 0. The van der Waals surface area contributed by atoms with Gasteiger partial charge in [-0.05, 0) is 14.0 Å². The molecule has 2 rings (SSSR count). The zero-order valence-corrected chi connectivity index (χ0v) is 11.5. The second kappa shape index (κ2) is 5.38. The van der Waals surface area contributed by atoms with Gasteiger partial charge in [0.1, 0.15) is 0 Å².